The van der Waals surface area contributed by atoms with Crippen LogP contribution in [0.3, 0.4) is 0 Å². The molecule has 1 aromatic carbocycles. The lowest BCUT2D eigenvalue weighted by Gasteiger charge is -2.41. The van der Waals surface area contributed by atoms with Crippen molar-refractivity contribution in [1.82, 2.24) is 10.2 Å². The number of guanidine groups is 1. The molecule has 3 N–H and O–H groups in total. The number of para-hydroxylation sites is 1. The van der Waals surface area contributed by atoms with E-state index in [0.29, 0.717) is 32.3 Å². The van der Waals surface area contributed by atoms with Gasteiger partial charge in [0.1, 0.15) is 11.4 Å². The van der Waals surface area contributed by atoms with Crippen LogP contribution < -0.4 is 15.8 Å². The SMILES string of the molecule is COCC[C@H]([C@H]1C[C@@H]1C(=O)N[C@H]1CC(C)(C)Oc2ccccc21)N1C(=O)C[C@@](C)(C(C)C)N=C1N. The fourth-order valence-electron chi connectivity index (χ4n) is 5.49. The van der Waals surface area contributed by atoms with Gasteiger partial charge in [0.05, 0.1) is 18.0 Å². The van der Waals surface area contributed by atoms with Crippen LogP contribution in [-0.2, 0) is 14.3 Å². The number of fused-ring (bicyclic) bond motifs is 1. The van der Waals surface area contributed by atoms with E-state index in [9.17, 15) is 9.59 Å². The highest BCUT2D eigenvalue weighted by Crippen LogP contribution is 2.47. The smallest absolute Gasteiger partial charge is 0.231 e. The first-order valence-electron chi connectivity index (χ1n) is 12.7. The van der Waals surface area contributed by atoms with Crippen LogP contribution in [0.4, 0.5) is 0 Å². The molecule has 1 aromatic rings. The molecule has 0 unspecified atom stereocenters. The Balaban J connectivity index is 1.50. The number of ether oxygens (including phenoxy) is 2. The van der Waals surface area contributed by atoms with E-state index in [4.69, 9.17) is 20.2 Å². The molecular weight excluding hydrogens is 444 g/mol. The lowest BCUT2D eigenvalue weighted by atomic mass is 9.84. The molecule has 0 spiro atoms. The number of amides is 2. The Morgan fingerprint density at radius 3 is 2.69 bits per heavy atom. The Morgan fingerprint density at radius 1 is 1.31 bits per heavy atom. The molecule has 3 aliphatic rings. The molecule has 192 valence electrons. The average molecular weight is 485 g/mol. The van der Waals surface area contributed by atoms with Gasteiger partial charge in [0.2, 0.25) is 11.8 Å². The molecule has 0 saturated heterocycles. The van der Waals surface area contributed by atoms with Gasteiger partial charge >= 0.3 is 0 Å². The van der Waals surface area contributed by atoms with Gasteiger partial charge in [-0.05, 0) is 51.5 Å². The molecule has 0 radical (unpaired) electrons. The normalized spacial score (nSPS) is 30.3. The van der Waals surface area contributed by atoms with Gasteiger partial charge in [0.15, 0.2) is 5.96 Å². The molecule has 1 aliphatic carbocycles. The van der Waals surface area contributed by atoms with Crippen LogP contribution in [-0.4, -0.2) is 53.6 Å². The van der Waals surface area contributed by atoms with Crippen LogP contribution in [0.15, 0.2) is 29.3 Å². The minimum Gasteiger partial charge on any atom is -0.487 e. The standard InChI is InChI=1S/C27H40N4O4/c1-16(2)27(5)15-23(32)31(25(28)30-27)21(11-12-34-6)18-13-19(18)24(33)29-20-14-26(3,4)35-22-10-8-7-9-17(20)22/h7-10,16,18-21H,11-15H2,1-6H3,(H2,28,30)(H,29,33)/t18-,19-,20-,21+,27-/m0/s1. The number of nitrogens with zero attached hydrogens (tertiary/aromatic N) is 2. The number of hydrogen-bond acceptors (Lipinski definition) is 6. The lowest BCUT2D eigenvalue weighted by Crippen LogP contribution is -2.57. The van der Waals surface area contributed by atoms with Gasteiger partial charge in [-0.1, -0.05) is 32.0 Å². The maximum Gasteiger partial charge on any atom is 0.231 e. The van der Waals surface area contributed by atoms with Crippen molar-refractivity contribution >= 4 is 17.8 Å². The Labute approximate surface area is 208 Å². The molecule has 35 heavy (non-hydrogen) atoms. The number of nitrogens with two attached hydrogens (primary N) is 1. The first kappa shape index (κ1) is 25.5. The van der Waals surface area contributed by atoms with E-state index in [2.05, 4.69) is 19.2 Å². The molecule has 1 saturated carbocycles. The molecule has 2 amide bonds. The second-order valence-electron chi connectivity index (χ2n) is 11.4. The van der Waals surface area contributed by atoms with Crippen molar-refractivity contribution in [3.8, 4) is 5.75 Å². The molecule has 4 rings (SSSR count). The second-order valence-corrected chi connectivity index (χ2v) is 11.4. The fraction of sp³-hybridized carbons (Fsp3) is 0.667. The van der Waals surface area contributed by atoms with Gasteiger partial charge in [-0.3, -0.25) is 14.5 Å². The summed E-state index contributed by atoms with van der Waals surface area (Å²) in [6.45, 7) is 10.6. The van der Waals surface area contributed by atoms with Crippen molar-refractivity contribution in [3.63, 3.8) is 0 Å². The van der Waals surface area contributed by atoms with Crippen molar-refractivity contribution in [1.29, 1.82) is 0 Å². The Bertz CT molecular complexity index is 1010. The summed E-state index contributed by atoms with van der Waals surface area (Å²) in [5.41, 5.74) is 6.50. The van der Waals surface area contributed by atoms with Gasteiger partial charge in [-0.25, -0.2) is 4.99 Å². The van der Waals surface area contributed by atoms with Crippen LogP contribution in [0.25, 0.3) is 0 Å². The quantitative estimate of drug-likeness (QED) is 0.588. The number of carbonyl (C=O) groups is 2. The number of methoxy groups -OCH3 is 1. The zero-order valence-electron chi connectivity index (χ0n) is 21.8. The van der Waals surface area contributed by atoms with E-state index in [1.807, 2.05) is 45.0 Å². The maximum absolute atomic E-state index is 13.4. The number of benzene rings is 1. The average Bonchev–Trinajstić information content (AvgIpc) is 3.55. The highest BCUT2D eigenvalue weighted by molar-refractivity contribution is 5.99. The third kappa shape index (κ3) is 5.17. The molecule has 0 bridgehead atoms. The Hall–Kier alpha value is -2.61. The van der Waals surface area contributed by atoms with Crippen LogP contribution in [0.2, 0.25) is 0 Å². The Kier molecular flexibility index (Phi) is 6.88. The fourth-order valence-corrected chi connectivity index (χ4v) is 5.49. The third-order valence-electron chi connectivity index (χ3n) is 7.95. The highest BCUT2D eigenvalue weighted by atomic mass is 16.5. The van der Waals surface area contributed by atoms with Crippen LogP contribution in [0, 0.1) is 17.8 Å². The minimum absolute atomic E-state index is 0.0157. The van der Waals surface area contributed by atoms with E-state index in [-0.39, 0.29) is 53.2 Å². The summed E-state index contributed by atoms with van der Waals surface area (Å²) in [5, 5.41) is 3.27. The molecule has 8 nitrogen and oxygen atoms in total. The number of aliphatic imine (C=N–C) groups is 1. The summed E-state index contributed by atoms with van der Waals surface area (Å²) < 4.78 is 11.4. The molecule has 5 atom stereocenters. The van der Waals surface area contributed by atoms with Gasteiger partial charge in [0, 0.05) is 37.7 Å². The summed E-state index contributed by atoms with van der Waals surface area (Å²) in [4.78, 5) is 33.0. The summed E-state index contributed by atoms with van der Waals surface area (Å²) in [5.74, 6) is 1.10. The number of nitrogens with one attached hydrogen (secondary N) is 1. The summed E-state index contributed by atoms with van der Waals surface area (Å²) in [7, 11) is 1.64. The van der Waals surface area contributed by atoms with Gasteiger partial charge in [-0.15, -0.1) is 0 Å². The monoisotopic (exact) mass is 484 g/mol. The van der Waals surface area contributed by atoms with E-state index >= 15 is 0 Å². The van der Waals surface area contributed by atoms with Gasteiger partial charge in [0.25, 0.3) is 0 Å². The maximum atomic E-state index is 13.4. The predicted octanol–water partition coefficient (Wildman–Crippen LogP) is 3.41. The number of carbonyl (C=O) groups excluding carboxylic acids is 2. The number of hydrogen-bond donors (Lipinski definition) is 2. The van der Waals surface area contributed by atoms with E-state index in [1.165, 1.54) is 0 Å². The van der Waals surface area contributed by atoms with Crippen molar-refractivity contribution < 1.29 is 19.1 Å². The topological polar surface area (TPSA) is 106 Å². The van der Waals surface area contributed by atoms with Crippen molar-refractivity contribution in [2.45, 2.75) is 83.5 Å². The highest BCUT2D eigenvalue weighted by Gasteiger charge is 2.53. The summed E-state index contributed by atoms with van der Waals surface area (Å²) in [6.07, 6.45) is 2.33. The first-order chi connectivity index (χ1) is 16.5. The molecule has 0 aromatic heterocycles. The third-order valence-corrected chi connectivity index (χ3v) is 7.95. The second kappa shape index (κ2) is 9.45. The van der Waals surface area contributed by atoms with E-state index < -0.39 is 5.54 Å². The first-order valence-corrected chi connectivity index (χ1v) is 12.7. The van der Waals surface area contributed by atoms with Gasteiger partial charge < -0.3 is 20.5 Å². The molecule has 1 fully saturated rings. The molecule has 2 aliphatic heterocycles. The van der Waals surface area contributed by atoms with Crippen molar-refractivity contribution in [2.24, 2.45) is 28.5 Å². The van der Waals surface area contributed by atoms with Crippen LogP contribution in [0.1, 0.15) is 71.9 Å². The van der Waals surface area contributed by atoms with E-state index in [0.717, 1.165) is 11.3 Å². The minimum atomic E-state index is -0.507. The largest absolute Gasteiger partial charge is 0.487 e. The van der Waals surface area contributed by atoms with Gasteiger partial charge in [-0.2, -0.15) is 0 Å². The zero-order valence-corrected chi connectivity index (χ0v) is 21.8. The predicted molar refractivity (Wildman–Crippen MR) is 135 cm³/mol. The summed E-state index contributed by atoms with van der Waals surface area (Å²) in [6, 6.07) is 7.55. The van der Waals surface area contributed by atoms with E-state index in [1.54, 1.807) is 12.0 Å². The number of rotatable bonds is 8. The van der Waals surface area contributed by atoms with Crippen LogP contribution >= 0.6 is 0 Å². The molecule has 2 heterocycles. The van der Waals surface area contributed by atoms with Crippen LogP contribution in [0.5, 0.6) is 5.75 Å². The molecular formula is C27H40N4O4. The molecule has 8 heteroatoms. The lowest BCUT2D eigenvalue weighted by molar-refractivity contribution is -0.133. The van der Waals surface area contributed by atoms with Crippen molar-refractivity contribution in [2.75, 3.05) is 13.7 Å². The summed E-state index contributed by atoms with van der Waals surface area (Å²) >= 11 is 0. The zero-order chi connectivity index (χ0) is 25.5. The van der Waals surface area contributed by atoms with Crippen molar-refractivity contribution in [3.05, 3.63) is 29.8 Å². The Morgan fingerprint density at radius 2 is 2.03 bits per heavy atom.